The van der Waals surface area contributed by atoms with Crippen LogP contribution in [0.3, 0.4) is 0 Å². The second-order valence-electron chi connectivity index (χ2n) is 3.58. The number of hydrogen-bond acceptors (Lipinski definition) is 4. The van der Waals surface area contributed by atoms with Crippen LogP contribution in [0.25, 0.3) is 0 Å². The van der Waals surface area contributed by atoms with Gasteiger partial charge >= 0.3 is 0 Å². The van der Waals surface area contributed by atoms with E-state index in [0.717, 1.165) is 0 Å². The van der Waals surface area contributed by atoms with E-state index < -0.39 is 17.9 Å². The van der Waals surface area contributed by atoms with Gasteiger partial charge in [-0.05, 0) is 30.2 Å². The maximum Gasteiger partial charge on any atom is 0.287 e. The number of furan rings is 1. The summed E-state index contributed by atoms with van der Waals surface area (Å²) in [6.07, 6.45) is 0.487. The number of nitrogens with one attached hydrogen (secondary N) is 2. The number of piperidine rings is 1. The van der Waals surface area contributed by atoms with Gasteiger partial charge in [-0.1, -0.05) is 0 Å². The normalized spacial score (nSPS) is 19.9. The molecule has 0 saturated carbocycles. The Hall–Kier alpha value is -1.82. The summed E-state index contributed by atoms with van der Waals surface area (Å²) in [5.41, 5.74) is 0. The molecule has 0 aromatic carbocycles. The molecule has 17 heavy (non-hydrogen) atoms. The van der Waals surface area contributed by atoms with Gasteiger partial charge in [-0.3, -0.25) is 19.7 Å². The first-order valence-corrected chi connectivity index (χ1v) is 5.34. The lowest BCUT2D eigenvalue weighted by Crippen LogP contribution is -2.52. The van der Waals surface area contributed by atoms with Crippen molar-refractivity contribution in [3.63, 3.8) is 0 Å². The lowest BCUT2D eigenvalue weighted by molar-refractivity contribution is -0.134. The molecule has 0 bridgehead atoms. The minimum atomic E-state index is -0.718. The van der Waals surface area contributed by atoms with Gasteiger partial charge in [0.25, 0.3) is 5.91 Å². The Morgan fingerprint density at radius 1 is 1.47 bits per heavy atom. The number of rotatable bonds is 2. The molecule has 1 aliphatic heterocycles. The van der Waals surface area contributed by atoms with Crippen LogP contribution in [0.15, 0.2) is 16.5 Å². The van der Waals surface area contributed by atoms with Crippen molar-refractivity contribution in [1.82, 2.24) is 10.6 Å². The van der Waals surface area contributed by atoms with E-state index in [1.165, 1.54) is 12.1 Å². The van der Waals surface area contributed by atoms with E-state index in [9.17, 15) is 14.4 Å². The molecular weight excluding hydrogens is 248 g/mol. The van der Waals surface area contributed by atoms with E-state index in [2.05, 4.69) is 10.6 Å². The van der Waals surface area contributed by atoms with Crippen LogP contribution in [0.5, 0.6) is 0 Å². The molecule has 0 spiro atoms. The molecule has 0 radical (unpaired) electrons. The van der Waals surface area contributed by atoms with Gasteiger partial charge in [0.05, 0.1) is 0 Å². The van der Waals surface area contributed by atoms with Crippen molar-refractivity contribution >= 4 is 29.3 Å². The third-order valence-corrected chi connectivity index (χ3v) is 2.54. The van der Waals surface area contributed by atoms with Gasteiger partial charge in [-0.2, -0.15) is 0 Å². The zero-order valence-corrected chi connectivity index (χ0v) is 9.41. The summed E-state index contributed by atoms with van der Waals surface area (Å²) in [6, 6.07) is 2.12. The first-order chi connectivity index (χ1) is 8.06. The highest BCUT2D eigenvalue weighted by atomic mass is 35.5. The summed E-state index contributed by atoms with van der Waals surface area (Å²) in [5, 5.41) is 4.70. The number of hydrogen-bond donors (Lipinski definition) is 2. The third-order valence-electron chi connectivity index (χ3n) is 2.34. The molecule has 2 heterocycles. The summed E-state index contributed by atoms with van der Waals surface area (Å²) < 4.78 is 4.90. The quantitative estimate of drug-likeness (QED) is 0.753. The average Bonchev–Trinajstić information content (AvgIpc) is 2.69. The van der Waals surface area contributed by atoms with E-state index in [-0.39, 0.29) is 29.7 Å². The summed E-state index contributed by atoms with van der Waals surface area (Å²) in [7, 11) is 0. The molecule has 1 aromatic heterocycles. The van der Waals surface area contributed by atoms with E-state index in [1.807, 2.05) is 0 Å². The van der Waals surface area contributed by atoms with Crippen LogP contribution in [-0.2, 0) is 9.59 Å². The molecule has 2 N–H and O–H groups in total. The van der Waals surface area contributed by atoms with Gasteiger partial charge < -0.3 is 9.73 Å². The van der Waals surface area contributed by atoms with Crippen molar-refractivity contribution in [2.75, 3.05) is 0 Å². The minimum Gasteiger partial charge on any atom is -0.440 e. The minimum absolute atomic E-state index is 0.0275. The highest BCUT2D eigenvalue weighted by Crippen LogP contribution is 2.13. The van der Waals surface area contributed by atoms with Crippen LogP contribution in [0, 0.1) is 0 Å². The maximum atomic E-state index is 11.6. The Bertz CT molecular complexity index is 482. The van der Waals surface area contributed by atoms with Crippen molar-refractivity contribution in [2.24, 2.45) is 0 Å². The Morgan fingerprint density at radius 2 is 2.24 bits per heavy atom. The number of amides is 3. The van der Waals surface area contributed by atoms with Crippen LogP contribution < -0.4 is 10.6 Å². The summed E-state index contributed by atoms with van der Waals surface area (Å²) >= 11 is 5.52. The van der Waals surface area contributed by atoms with Gasteiger partial charge in [0, 0.05) is 6.42 Å². The van der Waals surface area contributed by atoms with Gasteiger partial charge in [0.15, 0.2) is 11.0 Å². The van der Waals surface area contributed by atoms with Crippen molar-refractivity contribution in [1.29, 1.82) is 0 Å². The molecular formula is C10H9ClN2O4. The lowest BCUT2D eigenvalue weighted by Gasteiger charge is -2.21. The van der Waals surface area contributed by atoms with E-state index in [0.29, 0.717) is 0 Å². The van der Waals surface area contributed by atoms with Crippen molar-refractivity contribution in [2.45, 2.75) is 18.9 Å². The van der Waals surface area contributed by atoms with E-state index >= 15 is 0 Å². The molecule has 3 amide bonds. The van der Waals surface area contributed by atoms with Crippen molar-refractivity contribution in [3.05, 3.63) is 23.1 Å². The summed E-state index contributed by atoms with van der Waals surface area (Å²) in [5.74, 6) is -1.35. The van der Waals surface area contributed by atoms with Crippen molar-refractivity contribution in [3.8, 4) is 0 Å². The molecule has 1 fully saturated rings. The van der Waals surface area contributed by atoms with Crippen LogP contribution in [0.2, 0.25) is 5.22 Å². The van der Waals surface area contributed by atoms with Gasteiger partial charge in [0.2, 0.25) is 11.8 Å². The topological polar surface area (TPSA) is 88.4 Å². The number of carbonyl (C=O) groups is 3. The Morgan fingerprint density at radius 3 is 2.82 bits per heavy atom. The zero-order chi connectivity index (χ0) is 12.4. The van der Waals surface area contributed by atoms with Crippen LogP contribution in [0.1, 0.15) is 23.4 Å². The fourth-order valence-corrected chi connectivity index (χ4v) is 1.64. The molecule has 7 heteroatoms. The van der Waals surface area contributed by atoms with Crippen LogP contribution in [0.4, 0.5) is 0 Å². The fraction of sp³-hybridized carbons (Fsp3) is 0.300. The molecule has 1 atom stereocenters. The first-order valence-electron chi connectivity index (χ1n) is 4.96. The van der Waals surface area contributed by atoms with Crippen molar-refractivity contribution < 1.29 is 18.8 Å². The first kappa shape index (κ1) is 11.7. The summed E-state index contributed by atoms with van der Waals surface area (Å²) in [6.45, 7) is 0. The molecule has 1 aliphatic rings. The Kier molecular flexibility index (Phi) is 3.14. The van der Waals surface area contributed by atoms with Crippen LogP contribution >= 0.6 is 11.6 Å². The average molecular weight is 257 g/mol. The van der Waals surface area contributed by atoms with Crippen LogP contribution in [-0.4, -0.2) is 23.8 Å². The second kappa shape index (κ2) is 4.58. The zero-order valence-electron chi connectivity index (χ0n) is 8.66. The molecule has 0 aliphatic carbocycles. The maximum absolute atomic E-state index is 11.6. The van der Waals surface area contributed by atoms with Gasteiger partial charge in [0.1, 0.15) is 6.04 Å². The number of halogens is 1. The largest absolute Gasteiger partial charge is 0.440 e. The third kappa shape index (κ3) is 2.65. The van der Waals surface area contributed by atoms with E-state index in [1.54, 1.807) is 0 Å². The lowest BCUT2D eigenvalue weighted by atomic mass is 10.1. The molecule has 1 saturated heterocycles. The molecule has 1 unspecified atom stereocenters. The van der Waals surface area contributed by atoms with Gasteiger partial charge in [-0.25, -0.2) is 0 Å². The Labute approximate surface area is 101 Å². The summed E-state index contributed by atoms with van der Waals surface area (Å²) in [4.78, 5) is 33.9. The molecule has 2 rings (SSSR count). The smallest absolute Gasteiger partial charge is 0.287 e. The fourth-order valence-electron chi connectivity index (χ4n) is 1.50. The number of imide groups is 1. The second-order valence-corrected chi connectivity index (χ2v) is 3.95. The number of carbonyl (C=O) groups excluding carboxylic acids is 3. The molecule has 6 nitrogen and oxygen atoms in total. The predicted octanol–water partition coefficient (Wildman–Crippen LogP) is 0.468. The van der Waals surface area contributed by atoms with E-state index in [4.69, 9.17) is 16.0 Å². The van der Waals surface area contributed by atoms with Gasteiger partial charge in [-0.15, -0.1) is 0 Å². The highest BCUT2D eigenvalue weighted by Gasteiger charge is 2.28. The molecule has 1 aromatic rings. The standard InChI is InChI=1S/C10H9ClN2O4/c11-7-3-2-6(17-7)10(16)12-5-1-4-8(14)13-9(5)15/h2-3,5H,1,4H2,(H,12,16)(H,13,14,15). The molecule has 90 valence electrons. The monoisotopic (exact) mass is 256 g/mol. The Balaban J connectivity index is 1.99. The predicted molar refractivity (Wildman–Crippen MR) is 57.4 cm³/mol. The highest BCUT2D eigenvalue weighted by molar-refractivity contribution is 6.29. The SMILES string of the molecule is O=C1CCC(NC(=O)c2ccc(Cl)o2)C(=O)N1.